The van der Waals surface area contributed by atoms with Crippen LogP contribution in [0.1, 0.15) is 13.8 Å². The molecule has 0 aromatic carbocycles. The van der Waals surface area contributed by atoms with Crippen LogP contribution in [0.25, 0.3) is 0 Å². The maximum absolute atomic E-state index is 4.79. The van der Waals surface area contributed by atoms with Crippen molar-refractivity contribution in [2.24, 2.45) is 5.90 Å². The van der Waals surface area contributed by atoms with E-state index in [2.05, 4.69) is 10.2 Å². The van der Waals surface area contributed by atoms with Crippen molar-refractivity contribution < 1.29 is 4.53 Å². The Labute approximate surface area is 46.2 Å². The van der Waals surface area contributed by atoms with Gasteiger partial charge in [0.05, 0.1) is 0 Å². The van der Waals surface area contributed by atoms with Crippen LogP contribution < -0.4 is 5.90 Å². The van der Waals surface area contributed by atoms with Crippen LogP contribution in [0, 0.1) is 0 Å². The molecule has 0 aliphatic rings. The highest BCUT2D eigenvalue weighted by Gasteiger charge is 1.75. The van der Waals surface area contributed by atoms with Crippen molar-refractivity contribution in [2.75, 3.05) is 0 Å². The molecule has 0 aliphatic heterocycles. The first-order valence-electron chi connectivity index (χ1n) is 2.22. The van der Waals surface area contributed by atoms with Crippen molar-refractivity contribution in [2.45, 2.75) is 13.8 Å². The Kier molecular flexibility index (Phi) is 3.98. The number of hydrogen-bond donors (Lipinski definition) is 1. The fourth-order valence-electron chi connectivity index (χ4n) is 0.215. The Hall–Kier alpha value is -0.123. The Morgan fingerprint density at radius 2 is 2.29 bits per heavy atom. The standard InChI is InChI=1S/C4H11NOSi/c1-4(2)3-7-6-5/h3H,5,7H2,1-2H3. The Morgan fingerprint density at radius 3 is 2.43 bits per heavy atom. The zero-order valence-corrected chi connectivity index (χ0v) is 6.18. The van der Waals surface area contributed by atoms with Gasteiger partial charge in [0.25, 0.3) is 0 Å². The van der Waals surface area contributed by atoms with Crippen LogP contribution in [-0.2, 0) is 4.53 Å². The lowest BCUT2D eigenvalue weighted by Gasteiger charge is -1.86. The molecule has 0 radical (unpaired) electrons. The van der Waals surface area contributed by atoms with E-state index in [1.165, 1.54) is 5.57 Å². The molecule has 0 amide bonds. The molecule has 0 fully saturated rings. The minimum Gasteiger partial charge on any atom is -0.351 e. The molecule has 0 aromatic rings. The van der Waals surface area contributed by atoms with E-state index in [9.17, 15) is 0 Å². The quantitative estimate of drug-likeness (QED) is 0.404. The van der Waals surface area contributed by atoms with Gasteiger partial charge in [-0.2, -0.15) is 0 Å². The summed E-state index contributed by atoms with van der Waals surface area (Å²) in [6, 6.07) is 0. The molecule has 0 aromatic heterocycles. The van der Waals surface area contributed by atoms with E-state index in [-0.39, 0.29) is 0 Å². The van der Waals surface area contributed by atoms with Crippen LogP contribution in [0.2, 0.25) is 0 Å². The average molecular weight is 117 g/mol. The van der Waals surface area contributed by atoms with Gasteiger partial charge in [-0.3, -0.25) is 0 Å². The second-order valence-corrected chi connectivity index (χ2v) is 2.69. The van der Waals surface area contributed by atoms with Gasteiger partial charge in [-0.1, -0.05) is 11.3 Å². The van der Waals surface area contributed by atoms with Crippen molar-refractivity contribution in [1.82, 2.24) is 0 Å². The summed E-state index contributed by atoms with van der Waals surface area (Å²) in [5.74, 6) is 4.79. The van der Waals surface area contributed by atoms with Gasteiger partial charge in [0.1, 0.15) is 0 Å². The molecule has 0 heterocycles. The predicted molar refractivity (Wildman–Crippen MR) is 33.2 cm³/mol. The highest BCUT2D eigenvalue weighted by atomic mass is 28.2. The largest absolute Gasteiger partial charge is 0.351 e. The van der Waals surface area contributed by atoms with Crippen LogP contribution in [0.4, 0.5) is 0 Å². The average Bonchev–Trinajstić information content (AvgIpc) is 1.61. The Morgan fingerprint density at radius 1 is 1.71 bits per heavy atom. The fraction of sp³-hybridized carbons (Fsp3) is 0.500. The first-order valence-corrected chi connectivity index (χ1v) is 3.62. The van der Waals surface area contributed by atoms with Crippen LogP contribution in [0.15, 0.2) is 11.3 Å². The summed E-state index contributed by atoms with van der Waals surface area (Å²) in [4.78, 5) is 0. The van der Waals surface area contributed by atoms with Crippen LogP contribution in [-0.4, -0.2) is 9.76 Å². The first kappa shape index (κ1) is 6.88. The number of hydrogen-bond acceptors (Lipinski definition) is 2. The molecule has 3 heteroatoms. The second-order valence-electron chi connectivity index (χ2n) is 1.61. The van der Waals surface area contributed by atoms with E-state index in [0.717, 1.165) is 0 Å². The molecule has 0 rings (SSSR count). The number of rotatable bonds is 2. The van der Waals surface area contributed by atoms with Crippen LogP contribution in [0.5, 0.6) is 0 Å². The Balaban J connectivity index is 3.08. The summed E-state index contributed by atoms with van der Waals surface area (Å²) in [6.45, 7) is 4.07. The zero-order valence-electron chi connectivity index (χ0n) is 4.77. The lowest BCUT2D eigenvalue weighted by atomic mass is 10.4. The molecule has 0 atom stereocenters. The summed E-state index contributed by atoms with van der Waals surface area (Å²) in [5.41, 5.74) is 3.34. The highest BCUT2D eigenvalue weighted by molar-refractivity contribution is 6.34. The van der Waals surface area contributed by atoms with Crippen molar-refractivity contribution >= 4 is 9.76 Å². The van der Waals surface area contributed by atoms with Gasteiger partial charge < -0.3 is 4.53 Å². The molecule has 0 bridgehead atoms. The summed E-state index contributed by atoms with van der Waals surface area (Å²) in [5, 5.41) is 0. The summed E-state index contributed by atoms with van der Waals surface area (Å²) < 4.78 is 4.42. The third kappa shape index (κ3) is 5.88. The molecule has 0 saturated carbocycles. The number of allylic oxidation sites excluding steroid dienone is 1. The van der Waals surface area contributed by atoms with Gasteiger partial charge >= 0.3 is 0 Å². The molecular weight excluding hydrogens is 106 g/mol. The molecule has 2 N–H and O–H groups in total. The smallest absolute Gasteiger partial charge is 0.213 e. The summed E-state index contributed by atoms with van der Waals surface area (Å²) in [6.07, 6.45) is 0. The molecule has 2 nitrogen and oxygen atoms in total. The number of nitrogens with two attached hydrogens (primary N) is 1. The summed E-state index contributed by atoms with van der Waals surface area (Å²) in [7, 11) is -0.510. The molecular formula is C4H11NOSi. The van der Waals surface area contributed by atoms with Crippen molar-refractivity contribution in [3.05, 3.63) is 11.3 Å². The van der Waals surface area contributed by atoms with Crippen molar-refractivity contribution in [1.29, 1.82) is 0 Å². The topological polar surface area (TPSA) is 35.2 Å². The summed E-state index contributed by atoms with van der Waals surface area (Å²) >= 11 is 0. The zero-order chi connectivity index (χ0) is 5.70. The molecule has 7 heavy (non-hydrogen) atoms. The normalized spacial score (nSPS) is 10.1. The van der Waals surface area contributed by atoms with Crippen LogP contribution >= 0.6 is 0 Å². The van der Waals surface area contributed by atoms with E-state index in [4.69, 9.17) is 5.90 Å². The predicted octanol–water partition coefficient (Wildman–Crippen LogP) is -0.116. The highest BCUT2D eigenvalue weighted by Crippen LogP contribution is 1.83. The van der Waals surface area contributed by atoms with E-state index in [1.807, 2.05) is 13.8 Å². The van der Waals surface area contributed by atoms with Gasteiger partial charge in [-0.25, -0.2) is 5.90 Å². The SMILES string of the molecule is CC(C)=C[SiH2]ON. The minimum absolute atomic E-state index is 0.510. The Bertz CT molecular complexity index is 68.1. The third-order valence-corrected chi connectivity index (χ3v) is 1.76. The van der Waals surface area contributed by atoms with Gasteiger partial charge in [-0.15, -0.1) is 0 Å². The van der Waals surface area contributed by atoms with Gasteiger partial charge in [0, 0.05) is 0 Å². The second kappa shape index (κ2) is 4.05. The third-order valence-electron chi connectivity index (χ3n) is 0.588. The molecule has 0 saturated heterocycles. The maximum atomic E-state index is 4.79. The van der Waals surface area contributed by atoms with E-state index >= 15 is 0 Å². The van der Waals surface area contributed by atoms with Crippen molar-refractivity contribution in [3.63, 3.8) is 0 Å². The van der Waals surface area contributed by atoms with Gasteiger partial charge in [0.2, 0.25) is 9.76 Å². The monoisotopic (exact) mass is 117 g/mol. The molecule has 0 spiro atoms. The minimum atomic E-state index is -0.510. The molecule has 0 unspecified atom stereocenters. The van der Waals surface area contributed by atoms with E-state index in [0.29, 0.717) is 0 Å². The van der Waals surface area contributed by atoms with Crippen molar-refractivity contribution in [3.8, 4) is 0 Å². The maximum Gasteiger partial charge on any atom is 0.213 e. The fourth-order valence-corrected chi connectivity index (χ4v) is 0.644. The lowest BCUT2D eigenvalue weighted by molar-refractivity contribution is 0.361. The van der Waals surface area contributed by atoms with E-state index in [1.54, 1.807) is 0 Å². The van der Waals surface area contributed by atoms with Gasteiger partial charge in [-0.05, 0) is 13.8 Å². The first-order chi connectivity index (χ1) is 3.27. The van der Waals surface area contributed by atoms with Crippen LogP contribution in [0.3, 0.4) is 0 Å². The van der Waals surface area contributed by atoms with Gasteiger partial charge in [0.15, 0.2) is 0 Å². The lowest BCUT2D eigenvalue weighted by Crippen LogP contribution is -2.01. The van der Waals surface area contributed by atoms with E-state index < -0.39 is 9.76 Å². The molecule has 0 aliphatic carbocycles. The molecule has 42 valence electrons.